The standard InChI is InChI=1S/C15H30N2O/c1-3-4-15-11-14(9-10-18-15)17(2)13-7-5-12(16)6-8-13/h12-15H,3-11,16H2,1-2H3. The summed E-state index contributed by atoms with van der Waals surface area (Å²) in [6.45, 7) is 3.20. The van der Waals surface area contributed by atoms with E-state index < -0.39 is 0 Å². The van der Waals surface area contributed by atoms with Crippen LogP contribution in [-0.2, 0) is 4.74 Å². The van der Waals surface area contributed by atoms with Gasteiger partial charge in [-0.05, 0) is 52.0 Å². The number of ether oxygens (including phenoxy) is 1. The molecule has 1 saturated heterocycles. The predicted molar refractivity (Wildman–Crippen MR) is 75.7 cm³/mol. The van der Waals surface area contributed by atoms with Gasteiger partial charge in [0.1, 0.15) is 0 Å². The average molecular weight is 254 g/mol. The zero-order valence-corrected chi connectivity index (χ0v) is 12.1. The summed E-state index contributed by atoms with van der Waals surface area (Å²) < 4.78 is 5.86. The van der Waals surface area contributed by atoms with Crippen LogP contribution in [0.1, 0.15) is 58.3 Å². The molecule has 18 heavy (non-hydrogen) atoms. The highest BCUT2D eigenvalue weighted by Crippen LogP contribution is 2.28. The van der Waals surface area contributed by atoms with Crippen LogP contribution in [0, 0.1) is 0 Å². The molecule has 2 rings (SSSR count). The molecule has 0 bridgehead atoms. The van der Waals surface area contributed by atoms with Crippen LogP contribution in [0.5, 0.6) is 0 Å². The van der Waals surface area contributed by atoms with Gasteiger partial charge in [0, 0.05) is 24.7 Å². The van der Waals surface area contributed by atoms with Gasteiger partial charge in [-0.25, -0.2) is 0 Å². The second-order valence-electron chi connectivity index (χ2n) is 6.19. The summed E-state index contributed by atoms with van der Waals surface area (Å²) in [6.07, 6.45) is 10.4. The molecule has 2 unspecified atom stereocenters. The highest BCUT2D eigenvalue weighted by Gasteiger charge is 2.30. The van der Waals surface area contributed by atoms with E-state index in [0.717, 1.165) is 18.7 Å². The van der Waals surface area contributed by atoms with Crippen LogP contribution in [0.4, 0.5) is 0 Å². The molecule has 1 aliphatic heterocycles. The highest BCUT2D eigenvalue weighted by molar-refractivity contribution is 4.85. The van der Waals surface area contributed by atoms with Crippen LogP contribution in [0.2, 0.25) is 0 Å². The normalized spacial score (nSPS) is 38.0. The Kier molecular flexibility index (Phi) is 5.46. The van der Waals surface area contributed by atoms with Gasteiger partial charge in [-0.15, -0.1) is 0 Å². The molecule has 0 aromatic carbocycles. The summed E-state index contributed by atoms with van der Waals surface area (Å²) in [5.41, 5.74) is 6.00. The fourth-order valence-electron chi connectivity index (χ4n) is 3.56. The van der Waals surface area contributed by atoms with E-state index in [2.05, 4.69) is 18.9 Å². The van der Waals surface area contributed by atoms with E-state index in [-0.39, 0.29) is 0 Å². The molecule has 2 aliphatic rings. The van der Waals surface area contributed by atoms with Gasteiger partial charge in [-0.1, -0.05) is 13.3 Å². The Morgan fingerprint density at radius 1 is 1.11 bits per heavy atom. The maximum atomic E-state index is 6.00. The Morgan fingerprint density at radius 3 is 2.50 bits per heavy atom. The summed E-state index contributed by atoms with van der Waals surface area (Å²) >= 11 is 0. The molecule has 1 saturated carbocycles. The van der Waals surface area contributed by atoms with Gasteiger partial charge in [0.25, 0.3) is 0 Å². The molecular formula is C15H30N2O. The molecule has 0 spiro atoms. The number of hydrogen-bond acceptors (Lipinski definition) is 3. The Balaban J connectivity index is 1.82. The Labute approximate surface area is 112 Å². The van der Waals surface area contributed by atoms with Crippen LogP contribution in [0.3, 0.4) is 0 Å². The van der Waals surface area contributed by atoms with E-state index in [1.165, 1.54) is 51.4 Å². The summed E-state index contributed by atoms with van der Waals surface area (Å²) in [5.74, 6) is 0. The highest BCUT2D eigenvalue weighted by atomic mass is 16.5. The molecule has 3 nitrogen and oxygen atoms in total. The fraction of sp³-hybridized carbons (Fsp3) is 1.00. The predicted octanol–water partition coefficient (Wildman–Crippen LogP) is 2.54. The maximum absolute atomic E-state index is 6.00. The molecule has 0 aromatic rings. The average Bonchev–Trinajstić information content (AvgIpc) is 2.39. The van der Waals surface area contributed by atoms with Crippen LogP contribution in [-0.4, -0.2) is 42.8 Å². The summed E-state index contributed by atoms with van der Waals surface area (Å²) in [7, 11) is 2.32. The van der Waals surface area contributed by atoms with Crippen molar-refractivity contribution in [1.29, 1.82) is 0 Å². The first-order chi connectivity index (χ1) is 8.70. The van der Waals surface area contributed by atoms with Crippen LogP contribution in [0.15, 0.2) is 0 Å². The van der Waals surface area contributed by atoms with Crippen molar-refractivity contribution in [3.05, 3.63) is 0 Å². The van der Waals surface area contributed by atoms with Crippen LogP contribution < -0.4 is 5.73 Å². The second-order valence-corrected chi connectivity index (χ2v) is 6.19. The minimum absolute atomic E-state index is 0.456. The van der Waals surface area contributed by atoms with Crippen molar-refractivity contribution in [2.75, 3.05) is 13.7 Å². The van der Waals surface area contributed by atoms with E-state index in [1.54, 1.807) is 0 Å². The van der Waals surface area contributed by atoms with E-state index in [4.69, 9.17) is 10.5 Å². The van der Waals surface area contributed by atoms with E-state index in [0.29, 0.717) is 12.1 Å². The second kappa shape index (κ2) is 6.88. The smallest absolute Gasteiger partial charge is 0.0590 e. The van der Waals surface area contributed by atoms with Gasteiger partial charge >= 0.3 is 0 Å². The topological polar surface area (TPSA) is 38.5 Å². The molecular weight excluding hydrogens is 224 g/mol. The summed E-state index contributed by atoms with van der Waals surface area (Å²) in [4.78, 5) is 2.64. The van der Waals surface area contributed by atoms with Gasteiger partial charge in [-0.2, -0.15) is 0 Å². The van der Waals surface area contributed by atoms with E-state index in [9.17, 15) is 0 Å². The van der Waals surface area contributed by atoms with Gasteiger partial charge in [-0.3, -0.25) is 0 Å². The minimum Gasteiger partial charge on any atom is -0.378 e. The molecule has 2 N–H and O–H groups in total. The maximum Gasteiger partial charge on any atom is 0.0590 e. The monoisotopic (exact) mass is 254 g/mol. The molecule has 0 aromatic heterocycles. The van der Waals surface area contributed by atoms with E-state index in [1.807, 2.05) is 0 Å². The van der Waals surface area contributed by atoms with Crippen molar-refractivity contribution in [3.8, 4) is 0 Å². The quantitative estimate of drug-likeness (QED) is 0.838. The molecule has 1 aliphatic carbocycles. The third kappa shape index (κ3) is 3.69. The minimum atomic E-state index is 0.456. The lowest BCUT2D eigenvalue weighted by Gasteiger charge is -2.42. The Bertz CT molecular complexity index is 237. The van der Waals surface area contributed by atoms with Crippen molar-refractivity contribution in [1.82, 2.24) is 4.90 Å². The number of hydrogen-bond donors (Lipinski definition) is 1. The molecule has 2 fully saturated rings. The van der Waals surface area contributed by atoms with Crippen molar-refractivity contribution in [3.63, 3.8) is 0 Å². The van der Waals surface area contributed by atoms with Gasteiger partial charge in [0.05, 0.1) is 6.10 Å². The molecule has 0 radical (unpaired) electrons. The number of nitrogens with zero attached hydrogens (tertiary/aromatic N) is 1. The summed E-state index contributed by atoms with van der Waals surface area (Å²) in [5, 5.41) is 0. The first-order valence-corrected chi connectivity index (χ1v) is 7.79. The lowest BCUT2D eigenvalue weighted by atomic mass is 9.88. The first-order valence-electron chi connectivity index (χ1n) is 7.79. The van der Waals surface area contributed by atoms with Crippen molar-refractivity contribution in [2.24, 2.45) is 5.73 Å². The number of rotatable bonds is 4. The van der Waals surface area contributed by atoms with Crippen molar-refractivity contribution < 1.29 is 4.74 Å². The molecule has 3 heteroatoms. The SMILES string of the molecule is CCCC1CC(N(C)C2CCC(N)CC2)CCO1. The van der Waals surface area contributed by atoms with Gasteiger partial charge in [0.2, 0.25) is 0 Å². The molecule has 1 heterocycles. The number of nitrogens with two attached hydrogens (primary N) is 1. The zero-order valence-electron chi connectivity index (χ0n) is 12.1. The Hall–Kier alpha value is -0.120. The first kappa shape index (κ1) is 14.3. The van der Waals surface area contributed by atoms with E-state index >= 15 is 0 Å². The molecule has 2 atom stereocenters. The molecule has 106 valence electrons. The fourth-order valence-corrected chi connectivity index (χ4v) is 3.56. The summed E-state index contributed by atoms with van der Waals surface area (Å²) in [6, 6.07) is 1.95. The largest absolute Gasteiger partial charge is 0.378 e. The van der Waals surface area contributed by atoms with Gasteiger partial charge < -0.3 is 15.4 Å². The lowest BCUT2D eigenvalue weighted by Crippen LogP contribution is -2.47. The van der Waals surface area contributed by atoms with Crippen LogP contribution in [0.25, 0.3) is 0 Å². The lowest BCUT2D eigenvalue weighted by molar-refractivity contribution is -0.0369. The third-order valence-corrected chi connectivity index (χ3v) is 4.84. The van der Waals surface area contributed by atoms with Crippen LogP contribution >= 0.6 is 0 Å². The third-order valence-electron chi connectivity index (χ3n) is 4.84. The zero-order chi connectivity index (χ0) is 13.0. The van der Waals surface area contributed by atoms with Gasteiger partial charge in [0.15, 0.2) is 0 Å². The van der Waals surface area contributed by atoms with Crippen molar-refractivity contribution in [2.45, 2.75) is 82.5 Å². The molecule has 0 amide bonds. The Morgan fingerprint density at radius 2 is 1.83 bits per heavy atom. The van der Waals surface area contributed by atoms with Crippen molar-refractivity contribution >= 4 is 0 Å².